The quantitative estimate of drug-likeness (QED) is 0.868. The largest absolute Gasteiger partial charge is 0.444 e. The fraction of sp³-hybridized carbons (Fsp3) is 0.500. The van der Waals surface area contributed by atoms with Crippen LogP contribution in [0.25, 0.3) is 0 Å². The van der Waals surface area contributed by atoms with Crippen molar-refractivity contribution in [3.63, 3.8) is 0 Å². The molecule has 1 atom stereocenters. The second-order valence-corrected chi connectivity index (χ2v) is 6.41. The average molecular weight is 347 g/mol. The Hall–Kier alpha value is -1.30. The van der Waals surface area contributed by atoms with Crippen LogP contribution in [0.3, 0.4) is 0 Å². The van der Waals surface area contributed by atoms with Crippen LogP contribution < -0.4 is 10.6 Å². The summed E-state index contributed by atoms with van der Waals surface area (Å²) in [5, 5.41) is 5.84. The zero-order valence-electron chi connectivity index (χ0n) is 12.1. The molecule has 0 aromatic heterocycles. The van der Waals surface area contributed by atoms with E-state index in [2.05, 4.69) is 26.6 Å². The number of hydrogen-bond donors (Lipinski definition) is 2. The van der Waals surface area contributed by atoms with E-state index in [9.17, 15) is 9.18 Å². The summed E-state index contributed by atoms with van der Waals surface area (Å²) in [5.41, 5.74) is 0.263. The minimum atomic E-state index is -0.511. The molecule has 4 nitrogen and oxygen atoms in total. The van der Waals surface area contributed by atoms with Crippen LogP contribution in [0.2, 0.25) is 0 Å². The number of rotatable bonds is 4. The van der Waals surface area contributed by atoms with E-state index in [1.807, 2.05) is 27.7 Å². The molecule has 6 heteroatoms. The van der Waals surface area contributed by atoms with Crippen molar-refractivity contribution in [3.8, 4) is 0 Å². The fourth-order valence-corrected chi connectivity index (χ4v) is 1.85. The maximum Gasteiger partial charge on any atom is 0.407 e. The van der Waals surface area contributed by atoms with E-state index in [-0.39, 0.29) is 11.9 Å². The first-order chi connectivity index (χ1) is 9.17. The van der Waals surface area contributed by atoms with Gasteiger partial charge in [0.05, 0.1) is 4.47 Å². The van der Waals surface area contributed by atoms with Gasteiger partial charge in [-0.1, -0.05) is 0 Å². The molecule has 0 bridgehead atoms. The van der Waals surface area contributed by atoms with Crippen LogP contribution >= 0.6 is 15.9 Å². The molecule has 0 spiro atoms. The number of ether oxygens (including phenoxy) is 1. The molecule has 1 aromatic rings. The molecule has 0 fully saturated rings. The molecule has 20 heavy (non-hydrogen) atoms. The number of benzene rings is 1. The van der Waals surface area contributed by atoms with Crippen molar-refractivity contribution in [2.45, 2.75) is 39.3 Å². The summed E-state index contributed by atoms with van der Waals surface area (Å²) in [7, 11) is 0. The third-order valence-electron chi connectivity index (χ3n) is 2.28. The van der Waals surface area contributed by atoms with E-state index in [4.69, 9.17) is 4.74 Å². The van der Waals surface area contributed by atoms with Gasteiger partial charge in [-0.3, -0.25) is 0 Å². The van der Waals surface area contributed by atoms with E-state index < -0.39 is 11.7 Å². The third kappa shape index (κ3) is 6.23. The molecule has 0 aliphatic carbocycles. The first kappa shape index (κ1) is 16.8. The van der Waals surface area contributed by atoms with Gasteiger partial charge in [0.25, 0.3) is 0 Å². The van der Waals surface area contributed by atoms with E-state index >= 15 is 0 Å². The Labute approximate surface area is 127 Å². The van der Waals surface area contributed by atoms with Gasteiger partial charge in [0.1, 0.15) is 11.4 Å². The zero-order valence-corrected chi connectivity index (χ0v) is 13.7. The van der Waals surface area contributed by atoms with Crippen molar-refractivity contribution in [1.29, 1.82) is 0 Å². The van der Waals surface area contributed by atoms with Crippen molar-refractivity contribution in [1.82, 2.24) is 5.32 Å². The van der Waals surface area contributed by atoms with Crippen molar-refractivity contribution in [3.05, 3.63) is 28.5 Å². The predicted octanol–water partition coefficient (Wildman–Crippen LogP) is 3.91. The number of hydrogen-bond acceptors (Lipinski definition) is 3. The molecule has 0 radical (unpaired) electrons. The Morgan fingerprint density at radius 1 is 1.45 bits per heavy atom. The first-order valence-corrected chi connectivity index (χ1v) is 7.15. The van der Waals surface area contributed by atoms with Gasteiger partial charge in [-0.25, -0.2) is 9.18 Å². The van der Waals surface area contributed by atoms with Crippen LogP contribution in [0.4, 0.5) is 14.9 Å². The second-order valence-electron chi connectivity index (χ2n) is 5.56. The van der Waals surface area contributed by atoms with E-state index in [0.29, 0.717) is 11.0 Å². The lowest BCUT2D eigenvalue weighted by Gasteiger charge is -2.21. The highest BCUT2D eigenvalue weighted by atomic mass is 79.9. The number of halogens is 2. The van der Waals surface area contributed by atoms with Gasteiger partial charge < -0.3 is 15.4 Å². The third-order valence-corrected chi connectivity index (χ3v) is 2.89. The summed E-state index contributed by atoms with van der Waals surface area (Å²) in [6.45, 7) is 7.75. The average Bonchev–Trinajstić information content (AvgIpc) is 2.29. The molecule has 1 unspecified atom stereocenters. The SMILES string of the molecule is CC(CNC(=O)OC(C)(C)C)Nc1ccc(F)c(Br)c1. The molecule has 1 rings (SSSR count). The zero-order chi connectivity index (χ0) is 15.3. The second kappa shape index (κ2) is 6.92. The number of anilines is 1. The molecule has 1 aromatic carbocycles. The summed E-state index contributed by atoms with van der Waals surface area (Å²) in [6.07, 6.45) is -0.452. The first-order valence-electron chi connectivity index (χ1n) is 6.36. The van der Waals surface area contributed by atoms with Gasteiger partial charge in [-0.15, -0.1) is 0 Å². The van der Waals surface area contributed by atoms with Gasteiger partial charge in [0.15, 0.2) is 0 Å². The fourth-order valence-electron chi connectivity index (χ4n) is 1.47. The summed E-state index contributed by atoms with van der Waals surface area (Å²) in [6, 6.07) is 4.66. The minimum Gasteiger partial charge on any atom is -0.444 e. The highest BCUT2D eigenvalue weighted by Crippen LogP contribution is 2.20. The van der Waals surface area contributed by atoms with E-state index in [1.54, 1.807) is 12.1 Å². The summed E-state index contributed by atoms with van der Waals surface area (Å²) < 4.78 is 18.6. The number of carbonyl (C=O) groups excluding carboxylic acids is 1. The predicted molar refractivity (Wildman–Crippen MR) is 81.4 cm³/mol. The van der Waals surface area contributed by atoms with Gasteiger partial charge in [0.2, 0.25) is 0 Å². The maximum atomic E-state index is 13.1. The normalized spacial score (nSPS) is 12.7. The lowest BCUT2D eigenvalue weighted by Crippen LogP contribution is -2.38. The molecule has 0 saturated heterocycles. The van der Waals surface area contributed by atoms with Crippen LogP contribution in [-0.2, 0) is 4.74 Å². The van der Waals surface area contributed by atoms with Crippen molar-refractivity contribution in [2.24, 2.45) is 0 Å². The molecule has 0 heterocycles. The molecule has 0 saturated carbocycles. The Morgan fingerprint density at radius 2 is 2.10 bits per heavy atom. The Morgan fingerprint density at radius 3 is 2.65 bits per heavy atom. The van der Waals surface area contributed by atoms with Crippen molar-refractivity contribution in [2.75, 3.05) is 11.9 Å². The summed E-state index contributed by atoms with van der Waals surface area (Å²) in [5.74, 6) is -0.310. The highest BCUT2D eigenvalue weighted by Gasteiger charge is 2.16. The van der Waals surface area contributed by atoms with Crippen LogP contribution in [-0.4, -0.2) is 24.3 Å². The molecule has 2 N–H and O–H groups in total. The van der Waals surface area contributed by atoms with E-state index in [1.165, 1.54) is 6.07 Å². The van der Waals surface area contributed by atoms with Gasteiger partial charge in [0, 0.05) is 18.3 Å². The number of carbonyl (C=O) groups is 1. The van der Waals surface area contributed by atoms with Crippen molar-refractivity contribution >= 4 is 27.7 Å². The standard InChI is InChI=1S/C14H20BrFN2O2/c1-9(8-17-13(19)20-14(2,3)4)18-10-5-6-12(16)11(15)7-10/h5-7,9,18H,8H2,1-4H3,(H,17,19). The summed E-state index contributed by atoms with van der Waals surface area (Å²) >= 11 is 3.13. The monoisotopic (exact) mass is 346 g/mol. The van der Waals surface area contributed by atoms with Gasteiger partial charge in [-0.05, 0) is 61.8 Å². The van der Waals surface area contributed by atoms with Crippen LogP contribution in [0, 0.1) is 5.82 Å². The van der Waals surface area contributed by atoms with E-state index in [0.717, 1.165) is 5.69 Å². The molecule has 1 amide bonds. The highest BCUT2D eigenvalue weighted by molar-refractivity contribution is 9.10. The number of amides is 1. The minimum absolute atomic E-state index is 0.0140. The smallest absolute Gasteiger partial charge is 0.407 e. The topological polar surface area (TPSA) is 50.4 Å². The summed E-state index contributed by atoms with van der Waals surface area (Å²) in [4.78, 5) is 11.5. The van der Waals surface area contributed by atoms with Crippen LogP contribution in [0.1, 0.15) is 27.7 Å². The molecule has 0 aliphatic rings. The Kier molecular flexibility index (Phi) is 5.80. The van der Waals surface area contributed by atoms with Crippen molar-refractivity contribution < 1.29 is 13.9 Å². The Balaban J connectivity index is 2.42. The Bertz CT molecular complexity index is 475. The van der Waals surface area contributed by atoms with Gasteiger partial charge in [-0.2, -0.15) is 0 Å². The molecule has 112 valence electrons. The lowest BCUT2D eigenvalue weighted by molar-refractivity contribution is 0.0526. The lowest BCUT2D eigenvalue weighted by atomic mass is 10.2. The van der Waals surface area contributed by atoms with Gasteiger partial charge >= 0.3 is 6.09 Å². The number of nitrogens with one attached hydrogen (secondary N) is 2. The van der Waals surface area contributed by atoms with Crippen LogP contribution in [0.5, 0.6) is 0 Å². The molecule has 0 aliphatic heterocycles. The maximum absolute atomic E-state index is 13.1. The molecular weight excluding hydrogens is 327 g/mol. The van der Waals surface area contributed by atoms with Crippen LogP contribution in [0.15, 0.2) is 22.7 Å². The molecular formula is C14H20BrFN2O2. The number of alkyl carbamates (subject to hydrolysis) is 1.